The number of benzene rings is 2. The molecule has 40 heavy (non-hydrogen) atoms. The van der Waals surface area contributed by atoms with Crippen LogP contribution in [0.4, 0.5) is 31.1 Å². The van der Waals surface area contributed by atoms with Crippen LogP contribution in [0, 0.1) is 0 Å². The van der Waals surface area contributed by atoms with Gasteiger partial charge in [0.25, 0.3) is 5.91 Å². The van der Waals surface area contributed by atoms with Crippen molar-refractivity contribution in [1.29, 1.82) is 0 Å². The maximum absolute atomic E-state index is 13.3. The van der Waals surface area contributed by atoms with E-state index in [0.29, 0.717) is 17.7 Å². The molecule has 1 aliphatic heterocycles. The van der Waals surface area contributed by atoms with Gasteiger partial charge in [-0.25, -0.2) is 4.79 Å². The lowest BCUT2D eigenvalue weighted by Gasteiger charge is -2.36. The summed E-state index contributed by atoms with van der Waals surface area (Å²) in [7, 11) is 1.31. The number of ether oxygens (including phenoxy) is 1. The third kappa shape index (κ3) is 7.33. The molecule has 0 fully saturated rings. The van der Waals surface area contributed by atoms with Gasteiger partial charge in [0.15, 0.2) is 0 Å². The molecule has 0 aliphatic carbocycles. The Kier molecular flexibility index (Phi) is 8.56. The summed E-state index contributed by atoms with van der Waals surface area (Å²) >= 11 is 0. The molecule has 0 spiro atoms. The van der Waals surface area contributed by atoms with Gasteiger partial charge in [-0.15, -0.1) is 0 Å². The van der Waals surface area contributed by atoms with Gasteiger partial charge in [0.05, 0.1) is 16.8 Å². The molecule has 2 aromatic carbocycles. The van der Waals surface area contributed by atoms with Gasteiger partial charge >= 0.3 is 18.4 Å². The number of hydrogen-bond acceptors (Lipinski definition) is 4. The second kappa shape index (κ2) is 11.2. The molecule has 0 atom stereocenters. The minimum Gasteiger partial charge on any atom is -0.443 e. The number of alkyl halides is 6. The number of carbonyl (C=O) groups is 3. The molecule has 2 aromatic rings. The molecule has 0 radical (unpaired) electrons. The fourth-order valence-corrected chi connectivity index (χ4v) is 3.92. The van der Waals surface area contributed by atoms with Crippen molar-refractivity contribution in [3.05, 3.63) is 76.5 Å². The molecular weight excluding hydrogens is 544 g/mol. The first-order valence-electron chi connectivity index (χ1n) is 12.0. The van der Waals surface area contributed by atoms with E-state index in [4.69, 9.17) is 4.74 Å². The van der Waals surface area contributed by atoms with Crippen molar-refractivity contribution in [3.63, 3.8) is 0 Å². The maximum Gasteiger partial charge on any atom is 0.416 e. The molecule has 1 heterocycles. The van der Waals surface area contributed by atoms with E-state index in [9.17, 15) is 40.7 Å². The van der Waals surface area contributed by atoms with Gasteiger partial charge in [-0.3, -0.25) is 14.5 Å². The zero-order chi connectivity index (χ0) is 30.0. The summed E-state index contributed by atoms with van der Waals surface area (Å²) in [6.45, 7) is 4.08. The summed E-state index contributed by atoms with van der Waals surface area (Å²) in [6.07, 6.45) is -11.3. The van der Waals surface area contributed by atoms with Gasteiger partial charge in [0, 0.05) is 19.2 Å². The number of amides is 3. The molecule has 0 saturated heterocycles. The number of rotatable bonds is 5. The van der Waals surface area contributed by atoms with E-state index in [1.807, 2.05) is 0 Å². The maximum atomic E-state index is 13.3. The Balaban J connectivity index is 1.95. The summed E-state index contributed by atoms with van der Waals surface area (Å²) < 4.78 is 84.6. The summed E-state index contributed by atoms with van der Waals surface area (Å²) in [5.41, 5.74) is -3.96. The smallest absolute Gasteiger partial charge is 0.416 e. The molecule has 7 nitrogen and oxygen atoms in total. The number of carbonyl (C=O) groups excluding carboxylic acids is 3. The first-order valence-corrected chi connectivity index (χ1v) is 12.0. The molecule has 0 bridgehead atoms. The number of halogens is 6. The Hall–Kier alpha value is -4.03. The molecule has 216 valence electrons. The van der Waals surface area contributed by atoms with Crippen molar-refractivity contribution >= 4 is 23.6 Å². The fourth-order valence-electron chi connectivity index (χ4n) is 3.92. The van der Waals surface area contributed by atoms with Crippen LogP contribution in [-0.4, -0.2) is 53.4 Å². The summed E-state index contributed by atoms with van der Waals surface area (Å²) in [4.78, 5) is 41.2. The summed E-state index contributed by atoms with van der Waals surface area (Å²) in [5.74, 6) is -1.49. The van der Waals surface area contributed by atoms with Gasteiger partial charge in [0.2, 0.25) is 5.91 Å². The molecular formula is C27H27F6N3O4. The van der Waals surface area contributed by atoms with Gasteiger partial charge in [0.1, 0.15) is 17.8 Å². The Labute approximate surface area is 226 Å². The van der Waals surface area contributed by atoms with Gasteiger partial charge in [-0.1, -0.05) is 30.3 Å². The fraction of sp³-hybridized carbons (Fsp3) is 0.370. The van der Waals surface area contributed by atoms with Crippen LogP contribution in [0.5, 0.6) is 0 Å². The highest BCUT2D eigenvalue weighted by Crippen LogP contribution is 2.36. The van der Waals surface area contributed by atoms with Crippen LogP contribution in [0.1, 0.15) is 43.0 Å². The Bertz CT molecular complexity index is 1280. The third-order valence-electron chi connectivity index (χ3n) is 5.72. The van der Waals surface area contributed by atoms with E-state index in [1.165, 1.54) is 7.05 Å². The van der Waals surface area contributed by atoms with Crippen molar-refractivity contribution in [2.24, 2.45) is 0 Å². The van der Waals surface area contributed by atoms with Crippen LogP contribution < -0.4 is 5.32 Å². The Morgan fingerprint density at radius 1 is 0.925 bits per heavy atom. The van der Waals surface area contributed by atoms with Crippen LogP contribution >= 0.6 is 0 Å². The van der Waals surface area contributed by atoms with Gasteiger partial charge in [-0.05, 0) is 51.0 Å². The van der Waals surface area contributed by atoms with Crippen LogP contribution in [0.25, 0.3) is 5.70 Å². The number of likely N-dealkylation sites (N-methyl/N-ethyl adjacent to an activating group) is 1. The predicted molar refractivity (Wildman–Crippen MR) is 132 cm³/mol. The van der Waals surface area contributed by atoms with Gasteiger partial charge in [-0.2, -0.15) is 26.3 Å². The van der Waals surface area contributed by atoms with Crippen molar-refractivity contribution < 1.29 is 45.5 Å². The highest BCUT2D eigenvalue weighted by molar-refractivity contribution is 6.08. The average Bonchev–Trinajstić information content (AvgIpc) is 2.83. The first kappa shape index (κ1) is 30.5. The third-order valence-corrected chi connectivity index (χ3v) is 5.72. The average molecular weight is 572 g/mol. The molecule has 1 N–H and O–H groups in total. The number of nitrogens with zero attached hydrogens (tertiary/aromatic N) is 2. The van der Waals surface area contributed by atoms with Crippen LogP contribution in [-0.2, 0) is 33.1 Å². The number of nitrogens with one attached hydrogen (secondary N) is 1. The molecule has 0 saturated carbocycles. The zero-order valence-corrected chi connectivity index (χ0v) is 22.0. The normalized spacial score (nSPS) is 14.9. The summed E-state index contributed by atoms with van der Waals surface area (Å²) in [6, 6.07) is 9.38. The van der Waals surface area contributed by atoms with Crippen molar-refractivity contribution in [2.45, 2.75) is 45.1 Å². The molecule has 3 rings (SSSR count). The van der Waals surface area contributed by atoms with Crippen LogP contribution in [0.3, 0.4) is 0 Å². The monoisotopic (exact) mass is 571 g/mol. The van der Waals surface area contributed by atoms with Crippen LogP contribution in [0.15, 0.2) is 54.2 Å². The van der Waals surface area contributed by atoms with E-state index in [0.717, 1.165) is 9.80 Å². The zero-order valence-electron chi connectivity index (χ0n) is 22.0. The number of hydrogen-bond donors (Lipinski definition) is 1. The van der Waals surface area contributed by atoms with E-state index in [1.54, 1.807) is 51.1 Å². The standard InChI is InChI=1S/C27H27F6N3O4/c1-25(2,3)40-24(39)36-15-20(37)35(4)22(21(36)17-8-6-5-7-9-17)23(38)34-11-10-16-12-18(26(28,29)30)14-19(13-16)27(31,32)33/h5-9,12-14H,10-11,15H2,1-4H3,(H,34,38). The van der Waals surface area contributed by atoms with Crippen molar-refractivity contribution in [3.8, 4) is 0 Å². The van der Waals surface area contributed by atoms with Crippen molar-refractivity contribution in [1.82, 2.24) is 15.1 Å². The summed E-state index contributed by atoms with van der Waals surface area (Å²) in [5, 5.41) is 2.44. The quantitative estimate of drug-likeness (QED) is 0.484. The minimum atomic E-state index is -5.01. The SMILES string of the molecule is CN1C(=O)CN(C(=O)OC(C)(C)C)C(c2ccccc2)=C1C(=O)NCCc1cc(C(F)(F)F)cc(C(F)(F)F)c1. The van der Waals surface area contributed by atoms with Crippen molar-refractivity contribution in [2.75, 3.05) is 20.1 Å². The largest absolute Gasteiger partial charge is 0.443 e. The lowest BCUT2D eigenvalue weighted by atomic mass is 10.0. The second-order valence-corrected chi connectivity index (χ2v) is 10.0. The molecule has 1 aliphatic rings. The lowest BCUT2D eigenvalue weighted by Crippen LogP contribution is -2.50. The second-order valence-electron chi connectivity index (χ2n) is 10.0. The topological polar surface area (TPSA) is 79.0 Å². The first-order chi connectivity index (χ1) is 18.4. The van der Waals surface area contributed by atoms with E-state index in [2.05, 4.69) is 5.32 Å². The highest BCUT2D eigenvalue weighted by Gasteiger charge is 2.39. The van der Waals surface area contributed by atoms with Gasteiger partial charge < -0.3 is 15.0 Å². The van der Waals surface area contributed by atoms with E-state index in [-0.39, 0.29) is 36.0 Å². The highest BCUT2D eigenvalue weighted by atomic mass is 19.4. The predicted octanol–water partition coefficient (Wildman–Crippen LogP) is 5.46. The van der Waals surface area contributed by atoms with Crippen LogP contribution in [0.2, 0.25) is 0 Å². The van der Waals surface area contributed by atoms with E-state index >= 15 is 0 Å². The minimum absolute atomic E-state index is 0.0207. The molecule has 0 aromatic heterocycles. The molecule has 3 amide bonds. The van der Waals surface area contributed by atoms with E-state index < -0.39 is 53.5 Å². The molecule has 13 heteroatoms. The Morgan fingerprint density at radius 2 is 1.48 bits per heavy atom. The lowest BCUT2D eigenvalue weighted by molar-refractivity contribution is -0.143. The Morgan fingerprint density at radius 3 is 1.98 bits per heavy atom. The molecule has 0 unspecified atom stereocenters.